The topological polar surface area (TPSA) is 13.1 Å². The van der Waals surface area contributed by atoms with Gasteiger partial charge in [0.2, 0.25) is 0 Å². The first-order valence-electron chi connectivity index (χ1n) is 7.35. The molecule has 5 rings (SSSR count). The molecular formula is C20H10BrClO. The van der Waals surface area contributed by atoms with Gasteiger partial charge in [-0.3, -0.25) is 0 Å². The standard InChI is InChI=1S/C20H10BrClO/c21-16-9-15-19-13-7-3-2-6-12(13)17(22)10-18(19)23-20(15)14-8-4-1-5-11(14)16/h1-10H. The van der Waals surface area contributed by atoms with Gasteiger partial charge in [0.05, 0.1) is 5.02 Å². The lowest BCUT2D eigenvalue weighted by molar-refractivity contribution is 0.673. The van der Waals surface area contributed by atoms with Crippen LogP contribution >= 0.6 is 27.5 Å². The van der Waals surface area contributed by atoms with E-state index in [0.29, 0.717) is 0 Å². The predicted molar refractivity (Wildman–Crippen MR) is 101 cm³/mol. The van der Waals surface area contributed by atoms with Crippen LogP contribution in [-0.4, -0.2) is 0 Å². The van der Waals surface area contributed by atoms with Crippen LogP contribution in [0.15, 0.2) is 69.6 Å². The fourth-order valence-corrected chi connectivity index (χ4v) is 4.21. The van der Waals surface area contributed by atoms with Gasteiger partial charge in [0.15, 0.2) is 0 Å². The van der Waals surface area contributed by atoms with E-state index in [1.165, 1.54) is 0 Å². The largest absolute Gasteiger partial charge is 0.455 e. The molecule has 1 heterocycles. The molecule has 0 unspecified atom stereocenters. The molecule has 0 aliphatic carbocycles. The Labute approximate surface area is 145 Å². The molecule has 0 saturated heterocycles. The van der Waals surface area contributed by atoms with Crippen molar-refractivity contribution in [2.45, 2.75) is 0 Å². The maximum atomic E-state index is 6.44. The molecule has 3 heteroatoms. The average Bonchev–Trinajstić information content (AvgIpc) is 2.94. The highest BCUT2D eigenvalue weighted by atomic mass is 79.9. The van der Waals surface area contributed by atoms with Crippen molar-refractivity contribution in [3.63, 3.8) is 0 Å². The monoisotopic (exact) mass is 380 g/mol. The highest BCUT2D eigenvalue weighted by Crippen LogP contribution is 2.42. The van der Waals surface area contributed by atoms with Crippen molar-refractivity contribution >= 4 is 71.0 Å². The summed E-state index contributed by atoms with van der Waals surface area (Å²) in [5, 5.41) is 7.37. The van der Waals surface area contributed by atoms with E-state index in [1.807, 2.05) is 36.4 Å². The summed E-state index contributed by atoms with van der Waals surface area (Å²) >= 11 is 10.1. The lowest BCUT2D eigenvalue weighted by Crippen LogP contribution is -1.78. The molecule has 0 spiro atoms. The van der Waals surface area contributed by atoms with Crippen molar-refractivity contribution in [2.24, 2.45) is 0 Å². The fraction of sp³-hybridized carbons (Fsp3) is 0. The molecule has 4 aromatic carbocycles. The minimum absolute atomic E-state index is 0.718. The molecule has 0 amide bonds. The third kappa shape index (κ3) is 1.79. The highest BCUT2D eigenvalue weighted by molar-refractivity contribution is 9.10. The summed E-state index contributed by atoms with van der Waals surface area (Å²) in [4.78, 5) is 0. The highest BCUT2D eigenvalue weighted by Gasteiger charge is 2.16. The maximum Gasteiger partial charge on any atom is 0.143 e. The van der Waals surface area contributed by atoms with Crippen LogP contribution in [0.2, 0.25) is 5.02 Å². The number of rotatable bonds is 0. The molecule has 0 aliphatic rings. The zero-order valence-electron chi connectivity index (χ0n) is 11.9. The second-order valence-corrected chi connectivity index (χ2v) is 6.92. The summed E-state index contributed by atoms with van der Waals surface area (Å²) in [5.74, 6) is 0. The van der Waals surface area contributed by atoms with Crippen LogP contribution in [0.4, 0.5) is 0 Å². The van der Waals surface area contributed by atoms with Gasteiger partial charge in [-0.1, -0.05) is 76.1 Å². The zero-order valence-corrected chi connectivity index (χ0v) is 14.3. The van der Waals surface area contributed by atoms with Gasteiger partial charge in [-0.05, 0) is 16.8 Å². The Morgan fingerprint density at radius 1 is 0.739 bits per heavy atom. The Bertz CT molecular complexity index is 1240. The predicted octanol–water partition coefficient (Wildman–Crippen LogP) is 7.31. The minimum Gasteiger partial charge on any atom is -0.455 e. The number of benzene rings is 4. The first-order chi connectivity index (χ1) is 11.2. The van der Waals surface area contributed by atoms with E-state index in [1.54, 1.807) is 0 Å². The smallest absolute Gasteiger partial charge is 0.143 e. The number of fused-ring (bicyclic) bond motifs is 7. The van der Waals surface area contributed by atoms with Gasteiger partial charge in [-0.2, -0.15) is 0 Å². The number of hydrogen-bond donors (Lipinski definition) is 0. The van der Waals surface area contributed by atoms with Crippen LogP contribution in [0.5, 0.6) is 0 Å². The van der Waals surface area contributed by atoms with Crippen LogP contribution in [0.1, 0.15) is 0 Å². The molecule has 0 radical (unpaired) electrons. The molecular weight excluding hydrogens is 372 g/mol. The van der Waals surface area contributed by atoms with Gasteiger partial charge in [0.25, 0.3) is 0 Å². The van der Waals surface area contributed by atoms with E-state index in [0.717, 1.165) is 53.0 Å². The van der Waals surface area contributed by atoms with Crippen LogP contribution in [0.25, 0.3) is 43.5 Å². The quantitative estimate of drug-likeness (QED) is 0.274. The first-order valence-corrected chi connectivity index (χ1v) is 8.52. The summed E-state index contributed by atoms with van der Waals surface area (Å²) in [5.41, 5.74) is 1.73. The number of hydrogen-bond acceptors (Lipinski definition) is 1. The molecule has 1 nitrogen and oxygen atoms in total. The molecule has 110 valence electrons. The molecule has 0 aliphatic heterocycles. The molecule has 0 fully saturated rings. The number of halogens is 2. The molecule has 1 aromatic heterocycles. The van der Waals surface area contributed by atoms with Crippen molar-refractivity contribution in [2.75, 3.05) is 0 Å². The Kier molecular flexibility index (Phi) is 2.76. The van der Waals surface area contributed by atoms with Crippen molar-refractivity contribution in [3.8, 4) is 0 Å². The second kappa shape index (κ2) is 4.73. The third-order valence-corrected chi connectivity index (χ3v) is 5.35. The number of furan rings is 1. The summed E-state index contributed by atoms with van der Waals surface area (Å²) in [6.07, 6.45) is 0. The summed E-state index contributed by atoms with van der Waals surface area (Å²) in [6, 6.07) is 20.5. The van der Waals surface area contributed by atoms with E-state index >= 15 is 0 Å². The Morgan fingerprint density at radius 3 is 2.17 bits per heavy atom. The summed E-state index contributed by atoms with van der Waals surface area (Å²) < 4.78 is 7.28. The van der Waals surface area contributed by atoms with E-state index in [4.69, 9.17) is 16.0 Å². The van der Waals surface area contributed by atoms with Crippen LogP contribution in [-0.2, 0) is 0 Å². The molecule has 0 N–H and O–H groups in total. The molecule has 0 atom stereocenters. The van der Waals surface area contributed by atoms with Gasteiger partial charge < -0.3 is 4.42 Å². The molecule has 0 bridgehead atoms. The normalized spacial score (nSPS) is 11.9. The Morgan fingerprint density at radius 2 is 1.39 bits per heavy atom. The third-order valence-electron chi connectivity index (χ3n) is 4.38. The van der Waals surface area contributed by atoms with Crippen molar-refractivity contribution in [3.05, 3.63) is 70.2 Å². The zero-order chi connectivity index (χ0) is 15.6. The van der Waals surface area contributed by atoms with Gasteiger partial charge >= 0.3 is 0 Å². The van der Waals surface area contributed by atoms with E-state index in [2.05, 4.69) is 40.2 Å². The van der Waals surface area contributed by atoms with Crippen LogP contribution < -0.4 is 0 Å². The van der Waals surface area contributed by atoms with Crippen LogP contribution in [0.3, 0.4) is 0 Å². The summed E-state index contributed by atoms with van der Waals surface area (Å²) in [7, 11) is 0. The van der Waals surface area contributed by atoms with Crippen molar-refractivity contribution in [1.29, 1.82) is 0 Å². The molecule has 0 saturated carbocycles. The van der Waals surface area contributed by atoms with E-state index in [9.17, 15) is 0 Å². The Balaban J connectivity index is 2.14. The maximum absolute atomic E-state index is 6.44. The minimum atomic E-state index is 0.718. The molecule has 5 aromatic rings. The first kappa shape index (κ1) is 13.4. The Hall–Kier alpha value is -2.03. The van der Waals surface area contributed by atoms with Gasteiger partial charge in [-0.15, -0.1) is 0 Å². The SMILES string of the molecule is Clc1cc2oc3c4ccccc4c(Br)cc3c2c2ccccc12. The second-order valence-electron chi connectivity index (χ2n) is 5.66. The lowest BCUT2D eigenvalue weighted by atomic mass is 10.0. The van der Waals surface area contributed by atoms with Gasteiger partial charge in [-0.25, -0.2) is 0 Å². The van der Waals surface area contributed by atoms with E-state index in [-0.39, 0.29) is 0 Å². The summed E-state index contributed by atoms with van der Waals surface area (Å²) in [6.45, 7) is 0. The van der Waals surface area contributed by atoms with Crippen molar-refractivity contribution < 1.29 is 4.42 Å². The van der Waals surface area contributed by atoms with Crippen LogP contribution in [0, 0.1) is 0 Å². The van der Waals surface area contributed by atoms with E-state index < -0.39 is 0 Å². The lowest BCUT2D eigenvalue weighted by Gasteiger charge is -2.03. The average molecular weight is 382 g/mol. The van der Waals surface area contributed by atoms with Gasteiger partial charge in [0, 0.05) is 32.1 Å². The molecule has 23 heavy (non-hydrogen) atoms. The van der Waals surface area contributed by atoms with Gasteiger partial charge in [0.1, 0.15) is 11.2 Å². The van der Waals surface area contributed by atoms with Crippen molar-refractivity contribution in [1.82, 2.24) is 0 Å². The fourth-order valence-electron chi connectivity index (χ4n) is 3.38.